The summed E-state index contributed by atoms with van der Waals surface area (Å²) in [5.41, 5.74) is 0. The minimum Gasteiger partial charge on any atom is -0.488 e. The zero-order chi connectivity index (χ0) is 12.1. The molecule has 3 nitrogen and oxygen atoms in total. The Morgan fingerprint density at radius 2 is 1.88 bits per heavy atom. The molecule has 1 aliphatic rings. The van der Waals surface area contributed by atoms with Gasteiger partial charge in [0.15, 0.2) is 0 Å². The third-order valence-electron chi connectivity index (χ3n) is 3.45. The maximum absolute atomic E-state index is 10.3. The maximum atomic E-state index is 10.3. The largest absolute Gasteiger partial charge is 0.488 e. The molecule has 1 saturated carbocycles. The standard InChI is InChI=1S/C14H21NO2/c1-15-12-9-5-6-10-13(14(12)16)17-11-7-3-2-4-8-11/h2-4,7-8,12-16H,5-6,9-10H2,1H3/t12-,13-,14-/m1/s1. The van der Waals surface area contributed by atoms with Crippen LogP contribution in [0.15, 0.2) is 30.3 Å². The number of likely N-dealkylation sites (N-methyl/N-ethyl adjacent to an activating group) is 1. The number of aliphatic hydroxyl groups is 1. The van der Waals surface area contributed by atoms with Crippen molar-refractivity contribution < 1.29 is 9.84 Å². The number of aliphatic hydroxyl groups excluding tert-OH is 1. The van der Waals surface area contributed by atoms with E-state index in [9.17, 15) is 5.11 Å². The fourth-order valence-corrected chi connectivity index (χ4v) is 2.43. The van der Waals surface area contributed by atoms with Crippen molar-refractivity contribution in [2.24, 2.45) is 0 Å². The van der Waals surface area contributed by atoms with Crippen LogP contribution < -0.4 is 10.1 Å². The van der Waals surface area contributed by atoms with E-state index in [1.807, 2.05) is 37.4 Å². The van der Waals surface area contributed by atoms with Crippen LogP contribution in [-0.4, -0.2) is 30.4 Å². The zero-order valence-electron chi connectivity index (χ0n) is 10.3. The lowest BCUT2D eigenvalue weighted by molar-refractivity contribution is 0.0144. The molecular weight excluding hydrogens is 214 g/mol. The molecule has 94 valence electrons. The first-order valence-corrected chi connectivity index (χ1v) is 6.38. The number of rotatable bonds is 3. The monoisotopic (exact) mass is 235 g/mol. The molecule has 0 unspecified atom stereocenters. The molecule has 1 aromatic carbocycles. The molecule has 0 aromatic heterocycles. The molecule has 0 spiro atoms. The Morgan fingerprint density at radius 3 is 2.59 bits per heavy atom. The summed E-state index contributed by atoms with van der Waals surface area (Å²) < 4.78 is 5.89. The quantitative estimate of drug-likeness (QED) is 0.787. The van der Waals surface area contributed by atoms with Gasteiger partial charge >= 0.3 is 0 Å². The van der Waals surface area contributed by atoms with Crippen molar-refractivity contribution >= 4 is 0 Å². The third kappa shape index (κ3) is 3.20. The summed E-state index contributed by atoms with van der Waals surface area (Å²) in [6.07, 6.45) is 3.69. The Kier molecular flexibility index (Phi) is 4.40. The summed E-state index contributed by atoms with van der Waals surface area (Å²) in [6.45, 7) is 0. The first-order valence-electron chi connectivity index (χ1n) is 6.38. The topological polar surface area (TPSA) is 41.5 Å². The second-order valence-electron chi connectivity index (χ2n) is 4.64. The van der Waals surface area contributed by atoms with Crippen molar-refractivity contribution in [1.82, 2.24) is 5.32 Å². The molecule has 0 amide bonds. The fraction of sp³-hybridized carbons (Fsp3) is 0.571. The van der Waals surface area contributed by atoms with Gasteiger partial charge in [0.2, 0.25) is 0 Å². The van der Waals surface area contributed by atoms with E-state index < -0.39 is 6.10 Å². The zero-order valence-corrected chi connectivity index (χ0v) is 10.3. The average molecular weight is 235 g/mol. The van der Waals surface area contributed by atoms with E-state index in [-0.39, 0.29) is 12.1 Å². The predicted octanol–water partition coefficient (Wildman–Crippen LogP) is 1.96. The van der Waals surface area contributed by atoms with Crippen molar-refractivity contribution in [3.8, 4) is 5.75 Å². The SMILES string of the molecule is CN[C@@H]1CCCC[C@@H](Oc2ccccc2)[C@@H]1O. The molecule has 1 aromatic rings. The van der Waals surface area contributed by atoms with Crippen molar-refractivity contribution in [3.63, 3.8) is 0 Å². The summed E-state index contributed by atoms with van der Waals surface area (Å²) in [7, 11) is 1.90. The number of benzene rings is 1. The molecule has 17 heavy (non-hydrogen) atoms. The van der Waals surface area contributed by atoms with E-state index in [4.69, 9.17) is 4.74 Å². The molecule has 0 heterocycles. The first kappa shape index (κ1) is 12.4. The molecule has 3 atom stereocenters. The number of nitrogens with one attached hydrogen (secondary N) is 1. The lowest BCUT2D eigenvalue weighted by atomic mass is 10.0. The molecule has 0 bridgehead atoms. The van der Waals surface area contributed by atoms with Gasteiger partial charge < -0.3 is 15.2 Å². The molecule has 0 radical (unpaired) electrons. The summed E-state index contributed by atoms with van der Waals surface area (Å²) >= 11 is 0. The number of ether oxygens (including phenoxy) is 1. The van der Waals surface area contributed by atoms with Crippen LogP contribution in [0.25, 0.3) is 0 Å². The Bertz CT molecular complexity index is 328. The van der Waals surface area contributed by atoms with Gasteiger partial charge in [0.25, 0.3) is 0 Å². The lowest BCUT2D eigenvalue weighted by Crippen LogP contribution is -2.45. The Balaban J connectivity index is 2.03. The first-order chi connectivity index (χ1) is 8.31. The molecule has 2 rings (SSSR count). The normalized spacial score (nSPS) is 29.6. The van der Waals surface area contributed by atoms with Crippen molar-refractivity contribution in [2.45, 2.75) is 43.9 Å². The van der Waals surface area contributed by atoms with Gasteiger partial charge in [-0.15, -0.1) is 0 Å². The van der Waals surface area contributed by atoms with Crippen molar-refractivity contribution in [2.75, 3.05) is 7.05 Å². The second kappa shape index (κ2) is 6.03. The van der Waals surface area contributed by atoms with Crippen LogP contribution in [0.1, 0.15) is 25.7 Å². The van der Waals surface area contributed by atoms with Crippen LogP contribution in [0, 0.1) is 0 Å². The van der Waals surface area contributed by atoms with Crippen LogP contribution in [-0.2, 0) is 0 Å². The summed E-state index contributed by atoms with van der Waals surface area (Å²) in [4.78, 5) is 0. The van der Waals surface area contributed by atoms with Gasteiger partial charge in [0.1, 0.15) is 18.0 Å². The molecular formula is C14H21NO2. The van der Waals surface area contributed by atoms with Crippen molar-refractivity contribution in [1.29, 1.82) is 0 Å². The Labute approximate surface area is 103 Å². The van der Waals surface area contributed by atoms with Crippen molar-refractivity contribution in [3.05, 3.63) is 30.3 Å². The molecule has 3 heteroatoms. The average Bonchev–Trinajstić information content (AvgIpc) is 2.54. The van der Waals surface area contributed by atoms with E-state index in [1.54, 1.807) is 0 Å². The van der Waals surface area contributed by atoms with Gasteiger partial charge in [-0.3, -0.25) is 0 Å². The molecule has 0 saturated heterocycles. The van der Waals surface area contributed by atoms with E-state index in [0.29, 0.717) is 0 Å². The smallest absolute Gasteiger partial charge is 0.126 e. The maximum Gasteiger partial charge on any atom is 0.126 e. The Morgan fingerprint density at radius 1 is 1.18 bits per heavy atom. The van der Waals surface area contributed by atoms with Crippen LogP contribution in [0.5, 0.6) is 5.75 Å². The highest BCUT2D eigenvalue weighted by atomic mass is 16.5. The molecule has 1 aliphatic carbocycles. The molecule has 0 aliphatic heterocycles. The van der Waals surface area contributed by atoms with Gasteiger partial charge in [-0.25, -0.2) is 0 Å². The minimum atomic E-state index is -0.428. The Hall–Kier alpha value is -1.06. The lowest BCUT2D eigenvalue weighted by Gasteiger charge is -2.27. The number of hydrogen-bond acceptors (Lipinski definition) is 3. The minimum absolute atomic E-state index is 0.0997. The highest BCUT2D eigenvalue weighted by molar-refractivity contribution is 5.21. The molecule has 1 fully saturated rings. The fourth-order valence-electron chi connectivity index (χ4n) is 2.43. The van der Waals surface area contributed by atoms with Gasteiger partial charge in [-0.05, 0) is 38.4 Å². The van der Waals surface area contributed by atoms with Crippen LogP contribution in [0.2, 0.25) is 0 Å². The van der Waals surface area contributed by atoms with Gasteiger partial charge in [-0.1, -0.05) is 24.6 Å². The van der Waals surface area contributed by atoms with E-state index in [2.05, 4.69) is 5.32 Å². The van der Waals surface area contributed by atoms with Crippen LogP contribution in [0.4, 0.5) is 0 Å². The van der Waals surface area contributed by atoms with Crippen LogP contribution in [0.3, 0.4) is 0 Å². The second-order valence-corrected chi connectivity index (χ2v) is 4.64. The number of para-hydroxylation sites is 1. The third-order valence-corrected chi connectivity index (χ3v) is 3.45. The predicted molar refractivity (Wildman–Crippen MR) is 68.2 cm³/mol. The van der Waals surface area contributed by atoms with E-state index in [1.165, 1.54) is 0 Å². The van der Waals surface area contributed by atoms with Gasteiger partial charge in [-0.2, -0.15) is 0 Å². The summed E-state index contributed by atoms with van der Waals surface area (Å²) in [5.74, 6) is 0.841. The van der Waals surface area contributed by atoms with E-state index in [0.717, 1.165) is 31.4 Å². The highest BCUT2D eigenvalue weighted by Crippen LogP contribution is 2.23. The van der Waals surface area contributed by atoms with Gasteiger partial charge in [0, 0.05) is 6.04 Å². The van der Waals surface area contributed by atoms with E-state index >= 15 is 0 Å². The number of hydrogen-bond donors (Lipinski definition) is 2. The van der Waals surface area contributed by atoms with Gasteiger partial charge in [0.05, 0.1) is 0 Å². The summed E-state index contributed by atoms with van der Waals surface area (Å²) in [6, 6.07) is 9.89. The highest BCUT2D eigenvalue weighted by Gasteiger charge is 2.30. The molecule has 2 N–H and O–H groups in total. The summed E-state index contributed by atoms with van der Waals surface area (Å²) in [5, 5.41) is 13.5. The van der Waals surface area contributed by atoms with Crippen LogP contribution >= 0.6 is 0 Å².